The van der Waals surface area contributed by atoms with Crippen LogP contribution in [0.15, 0.2) is 46.8 Å². The number of hydrogen-bond donors (Lipinski definition) is 2. The van der Waals surface area contributed by atoms with Gasteiger partial charge in [0.15, 0.2) is 5.78 Å². The third kappa shape index (κ3) is 5.17. The van der Waals surface area contributed by atoms with Gasteiger partial charge in [-0.2, -0.15) is 0 Å². The fourth-order valence-electron chi connectivity index (χ4n) is 3.62. The van der Waals surface area contributed by atoms with Crippen LogP contribution in [0, 0.1) is 10.1 Å². The van der Waals surface area contributed by atoms with Crippen molar-refractivity contribution in [2.24, 2.45) is 0 Å². The Morgan fingerprint density at radius 1 is 1.23 bits per heavy atom. The molecule has 0 amide bonds. The third-order valence-electron chi connectivity index (χ3n) is 5.04. The van der Waals surface area contributed by atoms with Crippen LogP contribution in [0.1, 0.15) is 39.2 Å². The lowest BCUT2D eigenvalue weighted by Crippen LogP contribution is -2.38. The number of carboxylic acids is 1. The molecule has 0 radical (unpaired) electrons. The number of nitrogens with zero attached hydrogens (tertiary/aromatic N) is 2. The molecule has 10 nitrogen and oxygen atoms in total. The van der Waals surface area contributed by atoms with E-state index in [0.29, 0.717) is 11.4 Å². The molecule has 1 atom stereocenters. The molecule has 11 heteroatoms. The molecule has 0 saturated heterocycles. The van der Waals surface area contributed by atoms with Gasteiger partial charge in [0.2, 0.25) is 10.0 Å². The highest BCUT2D eigenvalue weighted by atomic mass is 32.2. The summed E-state index contributed by atoms with van der Waals surface area (Å²) in [6, 6.07) is 4.92. The van der Waals surface area contributed by atoms with Crippen molar-refractivity contribution in [3.63, 3.8) is 0 Å². The summed E-state index contributed by atoms with van der Waals surface area (Å²) in [5.74, 6) is -4.11. The van der Waals surface area contributed by atoms with Crippen molar-refractivity contribution in [1.82, 2.24) is 9.62 Å². The molecule has 2 N–H and O–H groups in total. The number of nitrogens with one attached hydrogen (secondary N) is 1. The lowest BCUT2D eigenvalue weighted by molar-refractivity contribution is -0.384. The Hall–Kier alpha value is -3.05. The number of sulfonamides is 1. The number of aliphatic carboxylic acids is 1. The first-order valence-electron chi connectivity index (χ1n) is 9.43. The maximum atomic E-state index is 13.2. The van der Waals surface area contributed by atoms with Crippen LogP contribution in [-0.4, -0.2) is 53.9 Å². The van der Waals surface area contributed by atoms with E-state index in [1.165, 1.54) is 29.2 Å². The largest absolute Gasteiger partial charge is 0.478 e. The first-order valence-corrected chi connectivity index (χ1v) is 11.1. The Kier molecular flexibility index (Phi) is 7.02. The van der Waals surface area contributed by atoms with E-state index < -0.39 is 44.4 Å². The predicted molar refractivity (Wildman–Crippen MR) is 114 cm³/mol. The highest BCUT2D eigenvalue weighted by Gasteiger charge is 2.39. The molecular formula is C20H25N3O7S. The number of carboxylic acid groups (broad SMARTS) is 1. The Morgan fingerprint density at radius 3 is 2.32 bits per heavy atom. The average Bonchev–Trinajstić information content (AvgIpc) is 2.63. The maximum absolute atomic E-state index is 13.2. The number of rotatable bonds is 8. The molecule has 2 rings (SSSR count). The van der Waals surface area contributed by atoms with Crippen molar-refractivity contribution in [2.45, 2.75) is 39.7 Å². The minimum Gasteiger partial charge on any atom is -0.478 e. The molecule has 0 aromatic heterocycles. The molecule has 1 aromatic carbocycles. The summed E-state index contributed by atoms with van der Waals surface area (Å²) in [5, 5.41) is 21.1. The number of Topliss-reactive ketones (excluding diaryl/α,β-unsaturated/α-hetero) is 1. The number of benzene rings is 1. The Labute approximate surface area is 180 Å². The number of carbonyl (C=O) groups excluding carboxylic acids is 1. The minimum atomic E-state index is -3.97. The van der Waals surface area contributed by atoms with Crippen LogP contribution in [0.5, 0.6) is 0 Å². The zero-order chi connectivity index (χ0) is 23.7. The number of non-ortho nitro benzene ring substituents is 1. The quantitative estimate of drug-likeness (QED) is 0.451. The van der Waals surface area contributed by atoms with Crippen molar-refractivity contribution < 1.29 is 28.0 Å². The van der Waals surface area contributed by atoms with Crippen LogP contribution in [0.25, 0.3) is 0 Å². The summed E-state index contributed by atoms with van der Waals surface area (Å²) in [6.45, 7) is 6.38. The second-order valence-electron chi connectivity index (χ2n) is 7.60. The van der Waals surface area contributed by atoms with E-state index in [2.05, 4.69) is 4.72 Å². The average molecular weight is 452 g/mol. The topological polar surface area (TPSA) is 147 Å². The fraction of sp³-hybridized carbons (Fsp3) is 0.400. The Morgan fingerprint density at radius 2 is 1.81 bits per heavy atom. The number of nitro benzene ring substituents is 1. The van der Waals surface area contributed by atoms with E-state index in [9.17, 15) is 33.2 Å². The number of hydrogen-bond acceptors (Lipinski definition) is 7. The van der Waals surface area contributed by atoms with E-state index >= 15 is 0 Å². The highest BCUT2D eigenvalue weighted by Crippen LogP contribution is 2.42. The van der Waals surface area contributed by atoms with Crippen molar-refractivity contribution in [1.29, 1.82) is 0 Å². The van der Waals surface area contributed by atoms with Crippen molar-refractivity contribution in [3.8, 4) is 0 Å². The summed E-state index contributed by atoms with van der Waals surface area (Å²) in [6.07, 6.45) is 0. The number of allylic oxidation sites excluding steroid dienone is 3. The van der Waals surface area contributed by atoms with E-state index in [4.69, 9.17) is 0 Å². The monoisotopic (exact) mass is 451 g/mol. The summed E-state index contributed by atoms with van der Waals surface area (Å²) in [4.78, 5) is 37.4. The second-order valence-corrected chi connectivity index (χ2v) is 9.36. The zero-order valence-electron chi connectivity index (χ0n) is 17.9. The van der Waals surface area contributed by atoms with Crippen molar-refractivity contribution >= 4 is 27.5 Å². The molecule has 1 heterocycles. The van der Waals surface area contributed by atoms with Gasteiger partial charge in [0, 0.05) is 48.1 Å². The summed E-state index contributed by atoms with van der Waals surface area (Å²) in [7, 11) is -2.40. The van der Waals surface area contributed by atoms with Crippen LogP contribution >= 0.6 is 0 Å². The molecule has 0 fully saturated rings. The summed E-state index contributed by atoms with van der Waals surface area (Å²) >= 11 is 0. The Balaban J connectivity index is 2.70. The van der Waals surface area contributed by atoms with Gasteiger partial charge in [0.05, 0.1) is 10.5 Å². The van der Waals surface area contributed by atoms with E-state index in [1.54, 1.807) is 34.7 Å². The van der Waals surface area contributed by atoms with Gasteiger partial charge in [-0.05, 0) is 33.3 Å². The van der Waals surface area contributed by atoms with Crippen LogP contribution in [0.3, 0.4) is 0 Å². The van der Waals surface area contributed by atoms with Crippen LogP contribution in [-0.2, 0) is 19.6 Å². The first kappa shape index (κ1) is 24.2. The highest BCUT2D eigenvalue weighted by molar-refractivity contribution is 7.90. The molecule has 1 aliphatic rings. The lowest BCUT2D eigenvalue weighted by Gasteiger charge is -2.35. The number of carbonyl (C=O) groups is 2. The fourth-order valence-corrected chi connectivity index (χ4v) is 4.92. The van der Waals surface area contributed by atoms with E-state index in [0.717, 1.165) is 0 Å². The SMILES string of the molecule is CC1=C(C(=O)O)C(c2cccc([N+](=O)[O-])c2)C(C(=O)CS(=O)(=O)NC(C)C)=C(C)N1C. The molecule has 0 aliphatic carbocycles. The molecule has 0 saturated carbocycles. The lowest BCUT2D eigenvalue weighted by atomic mass is 9.78. The van der Waals surface area contributed by atoms with Gasteiger partial charge in [-0.3, -0.25) is 14.9 Å². The van der Waals surface area contributed by atoms with Crippen LogP contribution in [0.4, 0.5) is 5.69 Å². The van der Waals surface area contributed by atoms with E-state index in [1.807, 2.05) is 0 Å². The predicted octanol–water partition coefficient (Wildman–Crippen LogP) is 2.15. The van der Waals surface area contributed by atoms with Gasteiger partial charge in [0.1, 0.15) is 5.75 Å². The standard InChI is InChI=1S/C20H25N3O7S/c1-11(2)21-31(29,30)10-16(24)17-12(3)22(5)13(4)18(20(25)26)19(17)14-7-6-8-15(9-14)23(27)28/h6-9,11,19,21H,10H2,1-5H3,(H,25,26). The Bertz CT molecular complexity index is 1100. The van der Waals surface area contributed by atoms with Gasteiger partial charge in [-0.1, -0.05) is 12.1 Å². The van der Waals surface area contributed by atoms with Crippen molar-refractivity contribution in [2.75, 3.05) is 12.8 Å². The smallest absolute Gasteiger partial charge is 0.334 e. The molecule has 1 aromatic rings. The molecular weight excluding hydrogens is 426 g/mol. The van der Waals surface area contributed by atoms with E-state index in [-0.39, 0.29) is 22.4 Å². The first-order chi connectivity index (χ1) is 14.3. The second kappa shape index (κ2) is 8.98. The summed E-state index contributed by atoms with van der Waals surface area (Å²) in [5.41, 5.74) is 0.504. The zero-order valence-corrected chi connectivity index (χ0v) is 18.7. The van der Waals surface area contributed by atoms with Crippen molar-refractivity contribution in [3.05, 3.63) is 62.5 Å². The normalized spacial score (nSPS) is 17.4. The minimum absolute atomic E-state index is 0.0277. The molecule has 0 spiro atoms. The van der Waals surface area contributed by atoms with Crippen LogP contribution in [0.2, 0.25) is 0 Å². The molecule has 1 aliphatic heterocycles. The summed E-state index contributed by atoms with van der Waals surface area (Å²) < 4.78 is 27.1. The third-order valence-corrected chi connectivity index (χ3v) is 6.52. The van der Waals surface area contributed by atoms with Gasteiger partial charge >= 0.3 is 5.97 Å². The van der Waals surface area contributed by atoms with Gasteiger partial charge in [-0.25, -0.2) is 17.9 Å². The van der Waals surface area contributed by atoms with Gasteiger partial charge in [-0.15, -0.1) is 0 Å². The van der Waals surface area contributed by atoms with Crippen LogP contribution < -0.4 is 4.72 Å². The number of ketones is 1. The molecule has 1 unspecified atom stereocenters. The van der Waals surface area contributed by atoms with Gasteiger partial charge < -0.3 is 10.0 Å². The molecule has 168 valence electrons. The molecule has 0 bridgehead atoms. The maximum Gasteiger partial charge on any atom is 0.334 e. The number of nitro groups is 1. The van der Waals surface area contributed by atoms with Gasteiger partial charge in [0.25, 0.3) is 5.69 Å². The molecule has 31 heavy (non-hydrogen) atoms.